The molecule has 0 aromatic heterocycles. The van der Waals surface area contributed by atoms with E-state index < -0.39 is 36.8 Å². The minimum absolute atomic E-state index is 0.359. The smallest absolute Gasteiger partial charge is 0.282 e. The topological polar surface area (TPSA) is 32.3 Å². The Hall–Kier alpha value is -1.14. The molecule has 0 saturated heterocycles. The predicted octanol–water partition coefficient (Wildman–Crippen LogP) is 2.24. The van der Waals surface area contributed by atoms with Crippen molar-refractivity contribution in [3.8, 4) is 0 Å². The summed E-state index contributed by atoms with van der Waals surface area (Å²) in [5.74, 6) is -5.24. The largest absolute Gasteiger partial charge is 0.390 e. The molecule has 0 saturated carbocycles. The zero-order valence-corrected chi connectivity index (χ0v) is 9.18. The maximum Gasteiger partial charge on any atom is 0.282 e. The molecule has 0 heterocycles. The molecule has 2 N–H and O–H groups in total. The maximum absolute atomic E-state index is 12.9. The van der Waals surface area contributed by atoms with E-state index in [4.69, 9.17) is 5.11 Å². The van der Waals surface area contributed by atoms with Gasteiger partial charge in [0.05, 0.1) is 6.54 Å². The molecule has 1 unspecified atom stereocenters. The van der Waals surface area contributed by atoms with Gasteiger partial charge >= 0.3 is 0 Å². The van der Waals surface area contributed by atoms with Crippen LogP contribution in [0.4, 0.5) is 17.6 Å². The Kier molecular flexibility index (Phi) is 4.47. The third-order valence-corrected chi connectivity index (χ3v) is 2.34. The molecular formula is C11H13F4NO. The number of aliphatic hydroxyl groups is 1. The van der Waals surface area contributed by atoms with Crippen molar-refractivity contribution in [3.05, 3.63) is 35.4 Å². The van der Waals surface area contributed by atoms with E-state index in [-0.39, 0.29) is 0 Å². The van der Waals surface area contributed by atoms with Crippen LogP contribution in [0.3, 0.4) is 0 Å². The third-order valence-electron chi connectivity index (χ3n) is 2.34. The van der Waals surface area contributed by atoms with Crippen molar-refractivity contribution in [3.63, 3.8) is 0 Å². The van der Waals surface area contributed by atoms with Crippen LogP contribution in [0.15, 0.2) is 18.2 Å². The lowest BCUT2D eigenvalue weighted by Gasteiger charge is -2.19. The van der Waals surface area contributed by atoms with Crippen LogP contribution in [0.5, 0.6) is 0 Å². The quantitative estimate of drug-likeness (QED) is 0.787. The lowest BCUT2D eigenvalue weighted by Crippen LogP contribution is -2.37. The number of hydrogen-bond donors (Lipinski definition) is 2. The average molecular weight is 251 g/mol. The van der Waals surface area contributed by atoms with E-state index in [1.165, 1.54) is 6.07 Å². The van der Waals surface area contributed by atoms with Crippen LogP contribution in [0.2, 0.25) is 0 Å². The van der Waals surface area contributed by atoms with Gasteiger partial charge in [0, 0.05) is 6.04 Å². The summed E-state index contributed by atoms with van der Waals surface area (Å²) in [4.78, 5) is 0. The first-order chi connectivity index (χ1) is 7.85. The van der Waals surface area contributed by atoms with Gasteiger partial charge in [-0.2, -0.15) is 0 Å². The van der Waals surface area contributed by atoms with Gasteiger partial charge in [0.1, 0.15) is 6.61 Å². The van der Waals surface area contributed by atoms with Gasteiger partial charge in [-0.1, -0.05) is 6.07 Å². The summed E-state index contributed by atoms with van der Waals surface area (Å²) in [6.07, 6.45) is 0. The van der Waals surface area contributed by atoms with Crippen molar-refractivity contribution in [2.24, 2.45) is 0 Å². The monoisotopic (exact) mass is 251 g/mol. The summed E-state index contributed by atoms with van der Waals surface area (Å²) in [5.41, 5.74) is 0.359. The molecule has 1 aromatic rings. The van der Waals surface area contributed by atoms with Crippen LogP contribution in [0.25, 0.3) is 0 Å². The van der Waals surface area contributed by atoms with Crippen molar-refractivity contribution in [1.82, 2.24) is 5.32 Å². The first kappa shape index (κ1) is 13.9. The lowest BCUT2D eigenvalue weighted by atomic mass is 10.1. The summed E-state index contributed by atoms with van der Waals surface area (Å²) in [7, 11) is 0. The molecule has 1 atom stereocenters. The van der Waals surface area contributed by atoms with Crippen LogP contribution in [-0.2, 0) is 0 Å². The predicted molar refractivity (Wildman–Crippen MR) is 54.8 cm³/mol. The number of hydrogen-bond acceptors (Lipinski definition) is 2. The fourth-order valence-corrected chi connectivity index (χ4v) is 1.26. The normalized spacial score (nSPS) is 13.8. The second-order valence-corrected chi connectivity index (χ2v) is 3.79. The summed E-state index contributed by atoms with van der Waals surface area (Å²) >= 11 is 0. The van der Waals surface area contributed by atoms with Crippen LogP contribution in [-0.4, -0.2) is 24.2 Å². The molecule has 0 bridgehead atoms. The lowest BCUT2D eigenvalue weighted by molar-refractivity contribution is -0.0490. The number of alkyl halides is 2. The number of nitrogens with one attached hydrogen (secondary N) is 1. The molecule has 0 aliphatic rings. The molecule has 1 rings (SSSR count). The molecule has 0 aliphatic carbocycles. The van der Waals surface area contributed by atoms with Crippen molar-refractivity contribution in [2.45, 2.75) is 18.9 Å². The van der Waals surface area contributed by atoms with E-state index in [9.17, 15) is 17.6 Å². The highest BCUT2D eigenvalue weighted by atomic mass is 19.3. The van der Waals surface area contributed by atoms with Crippen LogP contribution in [0, 0.1) is 11.6 Å². The zero-order valence-electron chi connectivity index (χ0n) is 9.18. The van der Waals surface area contributed by atoms with Gasteiger partial charge in [-0.25, -0.2) is 17.6 Å². The molecular weight excluding hydrogens is 238 g/mol. The van der Waals surface area contributed by atoms with Crippen molar-refractivity contribution < 1.29 is 22.7 Å². The molecule has 17 heavy (non-hydrogen) atoms. The molecule has 1 aromatic carbocycles. The molecule has 0 spiro atoms. The fraction of sp³-hybridized carbons (Fsp3) is 0.455. The van der Waals surface area contributed by atoms with Gasteiger partial charge < -0.3 is 10.4 Å². The van der Waals surface area contributed by atoms with Gasteiger partial charge in [0.15, 0.2) is 11.6 Å². The molecule has 0 radical (unpaired) electrons. The summed E-state index contributed by atoms with van der Waals surface area (Å²) in [6, 6.07) is 2.63. The highest BCUT2D eigenvalue weighted by molar-refractivity contribution is 5.20. The minimum Gasteiger partial charge on any atom is -0.390 e. The van der Waals surface area contributed by atoms with Gasteiger partial charge in [-0.3, -0.25) is 0 Å². The number of halogens is 4. The molecule has 2 nitrogen and oxygen atoms in total. The summed E-state index contributed by atoms with van der Waals surface area (Å²) < 4.78 is 51.0. The molecule has 0 aliphatic heterocycles. The number of aliphatic hydroxyl groups excluding tert-OH is 1. The van der Waals surface area contributed by atoms with E-state index in [1.54, 1.807) is 6.92 Å². The SMILES string of the molecule is CC(NCC(F)(F)CO)c1ccc(F)c(F)c1. The second kappa shape index (κ2) is 5.46. The van der Waals surface area contributed by atoms with Crippen molar-refractivity contribution in [1.29, 1.82) is 0 Å². The molecule has 0 amide bonds. The summed E-state index contributed by atoms with van der Waals surface area (Å²) in [6.45, 7) is -0.450. The summed E-state index contributed by atoms with van der Waals surface area (Å²) in [5, 5.41) is 10.8. The minimum atomic E-state index is -3.23. The van der Waals surface area contributed by atoms with E-state index in [0.717, 1.165) is 12.1 Å². The fourth-order valence-electron chi connectivity index (χ4n) is 1.26. The third kappa shape index (κ3) is 3.98. The highest BCUT2D eigenvalue weighted by Crippen LogP contribution is 2.18. The van der Waals surface area contributed by atoms with Gasteiger partial charge in [0.2, 0.25) is 0 Å². The Morgan fingerprint density at radius 3 is 2.47 bits per heavy atom. The Bertz CT molecular complexity index is 384. The Morgan fingerprint density at radius 2 is 1.94 bits per heavy atom. The van der Waals surface area contributed by atoms with Crippen LogP contribution >= 0.6 is 0 Å². The van der Waals surface area contributed by atoms with E-state index in [2.05, 4.69) is 5.32 Å². The van der Waals surface area contributed by atoms with E-state index >= 15 is 0 Å². The Morgan fingerprint density at radius 1 is 1.29 bits per heavy atom. The Labute approximate surface area is 96.3 Å². The first-order valence-corrected chi connectivity index (χ1v) is 5.03. The number of rotatable bonds is 5. The standard InChI is InChI=1S/C11H13F4NO/c1-7(16-5-11(14,15)6-17)8-2-3-9(12)10(13)4-8/h2-4,7,16-17H,5-6H2,1H3. The molecule has 6 heteroatoms. The zero-order chi connectivity index (χ0) is 13.1. The van der Waals surface area contributed by atoms with Crippen LogP contribution in [0.1, 0.15) is 18.5 Å². The van der Waals surface area contributed by atoms with Crippen molar-refractivity contribution >= 4 is 0 Å². The number of benzene rings is 1. The Balaban J connectivity index is 2.64. The van der Waals surface area contributed by atoms with Gasteiger partial charge in [-0.05, 0) is 24.6 Å². The average Bonchev–Trinajstić information content (AvgIpc) is 2.30. The first-order valence-electron chi connectivity index (χ1n) is 5.03. The van der Waals surface area contributed by atoms with E-state index in [1.807, 2.05) is 0 Å². The maximum atomic E-state index is 12.9. The van der Waals surface area contributed by atoms with Crippen molar-refractivity contribution in [2.75, 3.05) is 13.2 Å². The second-order valence-electron chi connectivity index (χ2n) is 3.79. The van der Waals surface area contributed by atoms with Crippen LogP contribution < -0.4 is 5.32 Å². The molecule has 96 valence electrons. The van der Waals surface area contributed by atoms with Gasteiger partial charge in [-0.15, -0.1) is 0 Å². The van der Waals surface area contributed by atoms with Gasteiger partial charge in [0.25, 0.3) is 5.92 Å². The highest BCUT2D eigenvalue weighted by Gasteiger charge is 2.28. The molecule has 0 fully saturated rings. The van der Waals surface area contributed by atoms with E-state index in [0.29, 0.717) is 5.56 Å².